The minimum atomic E-state index is -0.153. The fourth-order valence-electron chi connectivity index (χ4n) is 2.23. The Labute approximate surface area is 99.2 Å². The lowest BCUT2D eigenvalue weighted by Crippen LogP contribution is -2.50. The van der Waals surface area contributed by atoms with Gasteiger partial charge in [0.05, 0.1) is 0 Å². The summed E-state index contributed by atoms with van der Waals surface area (Å²) in [5.74, 6) is 0.256. The standard InChI is InChI=1S/C13H26N2O/c1-3-11(2)12(16)15-10-13(14)8-6-4-5-7-9-13/h11H,3-10,14H2,1-2H3,(H,15,16). The van der Waals surface area contributed by atoms with Crippen molar-refractivity contribution in [3.05, 3.63) is 0 Å². The molecule has 3 nitrogen and oxygen atoms in total. The Hall–Kier alpha value is -0.570. The van der Waals surface area contributed by atoms with Crippen LogP contribution in [-0.2, 0) is 4.79 Å². The lowest BCUT2D eigenvalue weighted by molar-refractivity contribution is -0.124. The summed E-state index contributed by atoms with van der Waals surface area (Å²) in [6.45, 7) is 4.65. The molecule has 0 bridgehead atoms. The minimum Gasteiger partial charge on any atom is -0.354 e. The van der Waals surface area contributed by atoms with Crippen molar-refractivity contribution in [3.8, 4) is 0 Å². The zero-order chi connectivity index (χ0) is 12.0. The molecule has 94 valence electrons. The van der Waals surface area contributed by atoms with Crippen molar-refractivity contribution < 1.29 is 4.79 Å². The summed E-state index contributed by atoms with van der Waals surface area (Å²) in [5.41, 5.74) is 6.18. The summed E-state index contributed by atoms with van der Waals surface area (Å²) >= 11 is 0. The van der Waals surface area contributed by atoms with Crippen molar-refractivity contribution in [1.82, 2.24) is 5.32 Å². The SMILES string of the molecule is CCC(C)C(=O)NCC1(N)CCCCCC1. The van der Waals surface area contributed by atoms with E-state index in [9.17, 15) is 4.79 Å². The molecule has 1 aliphatic carbocycles. The van der Waals surface area contributed by atoms with Crippen LogP contribution in [-0.4, -0.2) is 18.0 Å². The van der Waals surface area contributed by atoms with E-state index >= 15 is 0 Å². The minimum absolute atomic E-state index is 0.106. The van der Waals surface area contributed by atoms with E-state index in [2.05, 4.69) is 5.32 Å². The molecule has 3 N–H and O–H groups in total. The Morgan fingerprint density at radius 3 is 2.38 bits per heavy atom. The van der Waals surface area contributed by atoms with Gasteiger partial charge >= 0.3 is 0 Å². The van der Waals surface area contributed by atoms with Crippen molar-refractivity contribution in [3.63, 3.8) is 0 Å². The topological polar surface area (TPSA) is 55.1 Å². The van der Waals surface area contributed by atoms with Gasteiger partial charge in [-0.15, -0.1) is 0 Å². The number of hydrogen-bond acceptors (Lipinski definition) is 2. The molecule has 1 amide bonds. The van der Waals surface area contributed by atoms with Crippen LogP contribution in [0.25, 0.3) is 0 Å². The first kappa shape index (κ1) is 13.5. The normalized spacial score (nSPS) is 22.2. The van der Waals surface area contributed by atoms with Crippen molar-refractivity contribution in [2.24, 2.45) is 11.7 Å². The molecule has 1 saturated carbocycles. The van der Waals surface area contributed by atoms with Gasteiger partial charge in [-0.3, -0.25) is 4.79 Å². The summed E-state index contributed by atoms with van der Waals surface area (Å²) in [5, 5.41) is 3.01. The fourth-order valence-corrected chi connectivity index (χ4v) is 2.23. The summed E-state index contributed by atoms with van der Waals surface area (Å²) in [6, 6.07) is 0. The van der Waals surface area contributed by atoms with E-state index in [1.165, 1.54) is 25.7 Å². The summed E-state index contributed by atoms with van der Waals surface area (Å²) in [6.07, 6.45) is 7.98. The van der Waals surface area contributed by atoms with Crippen LogP contribution in [0.5, 0.6) is 0 Å². The highest BCUT2D eigenvalue weighted by Crippen LogP contribution is 2.24. The first-order chi connectivity index (χ1) is 7.57. The number of amides is 1. The predicted octanol–water partition coefficient (Wildman–Crippen LogP) is 2.20. The molecule has 1 atom stereocenters. The Bertz CT molecular complexity index is 220. The third-order valence-corrected chi connectivity index (χ3v) is 3.77. The molecule has 1 unspecified atom stereocenters. The lowest BCUT2D eigenvalue weighted by Gasteiger charge is -2.28. The maximum Gasteiger partial charge on any atom is 0.222 e. The van der Waals surface area contributed by atoms with Crippen LogP contribution in [0, 0.1) is 5.92 Å². The van der Waals surface area contributed by atoms with Crippen LogP contribution in [0.1, 0.15) is 58.8 Å². The van der Waals surface area contributed by atoms with Gasteiger partial charge in [0, 0.05) is 18.0 Å². The molecular weight excluding hydrogens is 200 g/mol. The lowest BCUT2D eigenvalue weighted by atomic mass is 9.91. The van der Waals surface area contributed by atoms with Gasteiger partial charge in [0.2, 0.25) is 5.91 Å². The van der Waals surface area contributed by atoms with Crippen LogP contribution in [0.2, 0.25) is 0 Å². The monoisotopic (exact) mass is 226 g/mol. The van der Waals surface area contributed by atoms with Crippen molar-refractivity contribution in [2.75, 3.05) is 6.54 Å². The zero-order valence-electron chi connectivity index (χ0n) is 10.7. The third-order valence-electron chi connectivity index (χ3n) is 3.77. The van der Waals surface area contributed by atoms with Crippen molar-refractivity contribution >= 4 is 5.91 Å². The fraction of sp³-hybridized carbons (Fsp3) is 0.923. The second-order valence-electron chi connectivity index (χ2n) is 5.30. The van der Waals surface area contributed by atoms with E-state index in [0.717, 1.165) is 19.3 Å². The van der Waals surface area contributed by atoms with E-state index in [0.29, 0.717) is 6.54 Å². The summed E-state index contributed by atoms with van der Waals surface area (Å²) < 4.78 is 0. The zero-order valence-corrected chi connectivity index (χ0v) is 10.7. The number of carbonyl (C=O) groups excluding carboxylic acids is 1. The second-order valence-corrected chi connectivity index (χ2v) is 5.30. The van der Waals surface area contributed by atoms with Gasteiger partial charge < -0.3 is 11.1 Å². The van der Waals surface area contributed by atoms with E-state index < -0.39 is 0 Å². The molecule has 0 aromatic heterocycles. The Morgan fingerprint density at radius 2 is 1.88 bits per heavy atom. The molecule has 0 heterocycles. The molecule has 0 radical (unpaired) electrons. The Kier molecular flexibility index (Phi) is 5.26. The van der Waals surface area contributed by atoms with E-state index in [4.69, 9.17) is 5.73 Å². The quantitative estimate of drug-likeness (QED) is 0.722. The summed E-state index contributed by atoms with van der Waals surface area (Å²) in [7, 11) is 0. The van der Waals surface area contributed by atoms with E-state index in [1.54, 1.807) is 0 Å². The number of hydrogen-bond donors (Lipinski definition) is 2. The molecule has 0 aromatic carbocycles. The van der Waals surface area contributed by atoms with Crippen LogP contribution >= 0.6 is 0 Å². The van der Waals surface area contributed by atoms with Crippen LogP contribution in [0.3, 0.4) is 0 Å². The van der Waals surface area contributed by atoms with Gasteiger partial charge in [-0.25, -0.2) is 0 Å². The van der Waals surface area contributed by atoms with Crippen molar-refractivity contribution in [2.45, 2.75) is 64.3 Å². The maximum absolute atomic E-state index is 11.7. The Morgan fingerprint density at radius 1 is 1.31 bits per heavy atom. The Balaban J connectivity index is 2.37. The van der Waals surface area contributed by atoms with E-state index in [-0.39, 0.29) is 17.4 Å². The van der Waals surface area contributed by atoms with Gasteiger partial charge in [-0.05, 0) is 19.3 Å². The second kappa shape index (κ2) is 6.24. The maximum atomic E-state index is 11.7. The largest absolute Gasteiger partial charge is 0.354 e. The van der Waals surface area contributed by atoms with Crippen LogP contribution in [0.15, 0.2) is 0 Å². The van der Waals surface area contributed by atoms with Gasteiger partial charge in [0.1, 0.15) is 0 Å². The highest BCUT2D eigenvalue weighted by Gasteiger charge is 2.27. The first-order valence-corrected chi connectivity index (χ1v) is 6.64. The third kappa shape index (κ3) is 4.12. The first-order valence-electron chi connectivity index (χ1n) is 6.64. The molecule has 0 aliphatic heterocycles. The number of nitrogens with two attached hydrogens (primary N) is 1. The molecule has 3 heteroatoms. The number of nitrogens with one attached hydrogen (secondary N) is 1. The van der Waals surface area contributed by atoms with Crippen molar-refractivity contribution in [1.29, 1.82) is 0 Å². The molecular formula is C13H26N2O. The van der Waals surface area contributed by atoms with Gasteiger partial charge in [0.15, 0.2) is 0 Å². The molecule has 1 fully saturated rings. The molecule has 0 aromatic rings. The van der Waals surface area contributed by atoms with Crippen LogP contribution < -0.4 is 11.1 Å². The predicted molar refractivity (Wildman–Crippen MR) is 67.1 cm³/mol. The number of carbonyl (C=O) groups is 1. The average Bonchev–Trinajstić information content (AvgIpc) is 2.50. The molecule has 0 saturated heterocycles. The van der Waals surface area contributed by atoms with Crippen LogP contribution in [0.4, 0.5) is 0 Å². The van der Waals surface area contributed by atoms with Gasteiger partial charge in [0.25, 0.3) is 0 Å². The summed E-state index contributed by atoms with van der Waals surface area (Å²) in [4.78, 5) is 11.7. The number of rotatable bonds is 4. The molecule has 1 rings (SSSR count). The van der Waals surface area contributed by atoms with Gasteiger partial charge in [-0.2, -0.15) is 0 Å². The highest BCUT2D eigenvalue weighted by atomic mass is 16.1. The molecule has 16 heavy (non-hydrogen) atoms. The molecule has 1 aliphatic rings. The van der Waals surface area contributed by atoms with Gasteiger partial charge in [-0.1, -0.05) is 39.5 Å². The molecule has 0 spiro atoms. The smallest absolute Gasteiger partial charge is 0.222 e. The average molecular weight is 226 g/mol. The highest BCUT2D eigenvalue weighted by molar-refractivity contribution is 5.78. The van der Waals surface area contributed by atoms with E-state index in [1.807, 2.05) is 13.8 Å².